The van der Waals surface area contributed by atoms with Gasteiger partial charge in [-0.05, 0) is 60.7 Å². The van der Waals surface area contributed by atoms with Crippen LogP contribution in [0.25, 0.3) is 6.08 Å². The lowest BCUT2D eigenvalue weighted by atomic mass is 10.1. The van der Waals surface area contributed by atoms with Gasteiger partial charge in [0.1, 0.15) is 12.2 Å². The van der Waals surface area contributed by atoms with Crippen LogP contribution >= 0.6 is 0 Å². The third-order valence-electron chi connectivity index (χ3n) is 5.68. The molecule has 0 bridgehead atoms. The van der Waals surface area contributed by atoms with Gasteiger partial charge in [-0.1, -0.05) is 18.2 Å². The predicted octanol–water partition coefficient (Wildman–Crippen LogP) is 2.65. The van der Waals surface area contributed by atoms with Crippen molar-refractivity contribution < 1.29 is 28.7 Å². The molecule has 2 aliphatic heterocycles. The first-order valence-electron chi connectivity index (χ1n) is 11.0. The molecule has 0 radical (unpaired) electrons. The predicted molar refractivity (Wildman–Crippen MR) is 123 cm³/mol. The van der Waals surface area contributed by atoms with Gasteiger partial charge in [0, 0.05) is 18.7 Å². The highest BCUT2D eigenvalue weighted by molar-refractivity contribution is 6.31. The fourth-order valence-electron chi connectivity index (χ4n) is 3.85. The van der Waals surface area contributed by atoms with Crippen LogP contribution in [0.15, 0.2) is 48.0 Å². The fraction of sp³-hybridized carbons (Fsp3) is 0.280. The molecule has 2 aliphatic rings. The molecule has 0 spiro atoms. The minimum Gasteiger partial charge on any atom is -0.493 e. The molecule has 2 aromatic rings. The highest BCUT2D eigenvalue weighted by Gasteiger charge is 2.27. The zero-order chi connectivity index (χ0) is 24.1. The second-order valence-corrected chi connectivity index (χ2v) is 8.04. The van der Waals surface area contributed by atoms with E-state index in [1.807, 2.05) is 39.8 Å². The molecule has 4 rings (SSSR count). The van der Waals surface area contributed by atoms with Crippen LogP contribution in [0.4, 0.5) is 4.79 Å². The van der Waals surface area contributed by atoms with E-state index in [1.165, 1.54) is 19.6 Å². The van der Waals surface area contributed by atoms with Crippen molar-refractivity contribution in [1.82, 2.24) is 15.5 Å². The third-order valence-corrected chi connectivity index (χ3v) is 5.68. The van der Waals surface area contributed by atoms with E-state index < -0.39 is 17.8 Å². The number of imide groups is 2. The fourth-order valence-corrected chi connectivity index (χ4v) is 3.85. The minimum atomic E-state index is -0.850. The monoisotopic (exact) mass is 463 g/mol. The van der Waals surface area contributed by atoms with Crippen LogP contribution in [-0.2, 0) is 16.2 Å². The molecule has 2 fully saturated rings. The molecule has 0 atom stereocenters. The van der Waals surface area contributed by atoms with Gasteiger partial charge in [-0.15, -0.1) is 0 Å². The number of hydrogen-bond donors (Lipinski definition) is 2. The van der Waals surface area contributed by atoms with E-state index in [1.54, 1.807) is 18.2 Å². The van der Waals surface area contributed by atoms with Gasteiger partial charge in [0.05, 0.1) is 7.11 Å². The van der Waals surface area contributed by atoms with Crippen molar-refractivity contribution >= 4 is 29.8 Å². The number of rotatable bonds is 6. The summed E-state index contributed by atoms with van der Waals surface area (Å²) in [6.07, 6.45) is 4.64. The molecule has 9 nitrogen and oxygen atoms in total. The van der Waals surface area contributed by atoms with E-state index in [2.05, 4.69) is 0 Å². The quantitative estimate of drug-likeness (QED) is 0.503. The number of carbonyl (C=O) groups excluding carboxylic acids is 4. The number of nitrogens with zero attached hydrogens (tertiary/aromatic N) is 1. The molecule has 2 saturated heterocycles. The number of carbonyl (C=O) groups is 4. The van der Waals surface area contributed by atoms with Crippen molar-refractivity contribution in [2.75, 3.05) is 20.2 Å². The Morgan fingerprint density at radius 2 is 1.62 bits per heavy atom. The van der Waals surface area contributed by atoms with Gasteiger partial charge >= 0.3 is 6.03 Å². The van der Waals surface area contributed by atoms with Gasteiger partial charge < -0.3 is 14.4 Å². The number of nitrogens with one attached hydrogen (secondary N) is 2. The van der Waals surface area contributed by atoms with Crippen LogP contribution in [0.1, 0.15) is 40.7 Å². The summed E-state index contributed by atoms with van der Waals surface area (Å²) in [5.41, 5.74) is 1.90. The summed E-state index contributed by atoms with van der Waals surface area (Å²) < 4.78 is 11.3. The summed E-state index contributed by atoms with van der Waals surface area (Å²) in [5.74, 6) is -0.585. The summed E-state index contributed by atoms with van der Waals surface area (Å²) in [4.78, 5) is 49.5. The normalized spacial score (nSPS) is 16.0. The highest BCUT2D eigenvalue weighted by Crippen LogP contribution is 2.30. The molecular formula is C25H25N3O6. The smallest absolute Gasteiger partial charge is 0.328 e. The van der Waals surface area contributed by atoms with E-state index in [-0.39, 0.29) is 18.1 Å². The van der Waals surface area contributed by atoms with Crippen LogP contribution in [0.3, 0.4) is 0 Å². The summed E-state index contributed by atoms with van der Waals surface area (Å²) in [6, 6.07) is 11.5. The minimum absolute atomic E-state index is 0.0586. The lowest BCUT2D eigenvalue weighted by molar-refractivity contribution is -0.123. The van der Waals surface area contributed by atoms with Crippen LogP contribution in [-0.4, -0.2) is 48.9 Å². The second kappa shape index (κ2) is 10.2. The maximum absolute atomic E-state index is 12.6. The van der Waals surface area contributed by atoms with Crippen molar-refractivity contribution in [2.45, 2.75) is 25.9 Å². The average Bonchev–Trinajstić information content (AvgIpc) is 2.85. The Morgan fingerprint density at radius 3 is 2.26 bits per heavy atom. The van der Waals surface area contributed by atoms with E-state index in [4.69, 9.17) is 9.47 Å². The Bertz CT molecular complexity index is 1130. The SMILES string of the molecule is COc1cc(C=C2C(=O)NC(=O)NC2=O)ccc1OCc1ccc(C(=O)N2CCCCC2)cc1. The van der Waals surface area contributed by atoms with E-state index >= 15 is 0 Å². The standard InChI is InChI=1S/C25H25N3O6/c1-33-21-14-17(13-19-22(29)26-25(32)27-23(19)30)7-10-20(21)34-15-16-5-8-18(9-6-16)24(31)28-11-3-2-4-12-28/h5-10,13-14H,2-4,11-12,15H2,1H3,(H2,26,27,29,30,32). The number of methoxy groups -OCH3 is 1. The molecule has 0 saturated carbocycles. The number of piperidine rings is 1. The Balaban J connectivity index is 1.41. The molecule has 2 aromatic carbocycles. The molecular weight excluding hydrogens is 438 g/mol. The molecule has 2 heterocycles. The van der Waals surface area contributed by atoms with Crippen molar-refractivity contribution in [1.29, 1.82) is 0 Å². The molecule has 9 heteroatoms. The molecule has 0 aliphatic carbocycles. The Kier molecular flexibility index (Phi) is 6.91. The Morgan fingerprint density at radius 1 is 0.941 bits per heavy atom. The van der Waals surface area contributed by atoms with Gasteiger partial charge in [-0.3, -0.25) is 25.0 Å². The number of urea groups is 1. The number of hydrogen-bond acceptors (Lipinski definition) is 6. The van der Waals surface area contributed by atoms with Crippen molar-refractivity contribution in [3.63, 3.8) is 0 Å². The lowest BCUT2D eigenvalue weighted by Crippen LogP contribution is -2.51. The molecule has 0 unspecified atom stereocenters. The number of benzene rings is 2. The van der Waals surface area contributed by atoms with Gasteiger partial charge in [-0.2, -0.15) is 0 Å². The van der Waals surface area contributed by atoms with Crippen molar-refractivity contribution in [2.24, 2.45) is 0 Å². The van der Waals surface area contributed by atoms with Gasteiger partial charge in [0.2, 0.25) is 0 Å². The molecule has 176 valence electrons. The van der Waals surface area contributed by atoms with Crippen molar-refractivity contribution in [3.05, 3.63) is 64.7 Å². The Labute approximate surface area is 196 Å². The number of amides is 5. The summed E-state index contributed by atoms with van der Waals surface area (Å²) in [7, 11) is 1.48. The van der Waals surface area contributed by atoms with Crippen LogP contribution in [0.5, 0.6) is 11.5 Å². The van der Waals surface area contributed by atoms with Crippen molar-refractivity contribution in [3.8, 4) is 11.5 Å². The Hall–Kier alpha value is -4.14. The zero-order valence-corrected chi connectivity index (χ0v) is 18.8. The van der Waals surface area contributed by atoms with Crippen LogP contribution < -0.4 is 20.1 Å². The molecule has 0 aromatic heterocycles. The van der Waals surface area contributed by atoms with E-state index in [0.717, 1.165) is 31.5 Å². The van der Waals surface area contributed by atoms with Gasteiger partial charge in [0.25, 0.3) is 17.7 Å². The third kappa shape index (κ3) is 5.25. The average molecular weight is 463 g/mol. The summed E-state index contributed by atoms with van der Waals surface area (Å²) >= 11 is 0. The number of ether oxygens (including phenoxy) is 2. The number of barbiturate groups is 1. The topological polar surface area (TPSA) is 114 Å². The van der Waals surface area contributed by atoms with Gasteiger partial charge in [-0.25, -0.2) is 4.79 Å². The molecule has 2 N–H and O–H groups in total. The maximum atomic E-state index is 12.6. The number of likely N-dealkylation sites (tertiary alicyclic amines) is 1. The van der Waals surface area contributed by atoms with Crippen LogP contribution in [0.2, 0.25) is 0 Å². The summed E-state index contributed by atoms with van der Waals surface area (Å²) in [6.45, 7) is 1.88. The first-order chi connectivity index (χ1) is 16.4. The van der Waals surface area contributed by atoms with E-state index in [0.29, 0.717) is 22.6 Å². The first kappa shape index (κ1) is 23.0. The largest absolute Gasteiger partial charge is 0.493 e. The molecule has 34 heavy (non-hydrogen) atoms. The van der Waals surface area contributed by atoms with E-state index in [9.17, 15) is 19.2 Å². The van der Waals surface area contributed by atoms with Gasteiger partial charge in [0.15, 0.2) is 11.5 Å². The van der Waals surface area contributed by atoms with Crippen LogP contribution in [0, 0.1) is 0 Å². The second-order valence-electron chi connectivity index (χ2n) is 8.04. The maximum Gasteiger partial charge on any atom is 0.328 e. The zero-order valence-electron chi connectivity index (χ0n) is 18.8. The highest BCUT2D eigenvalue weighted by atomic mass is 16.5. The summed E-state index contributed by atoms with van der Waals surface area (Å²) in [5, 5.41) is 4.06. The first-order valence-corrected chi connectivity index (χ1v) is 11.0. The molecule has 5 amide bonds. The lowest BCUT2D eigenvalue weighted by Gasteiger charge is -2.26.